The first kappa shape index (κ1) is 19.6. The quantitative estimate of drug-likeness (QED) is 0.592. The van der Waals surface area contributed by atoms with E-state index in [0.717, 1.165) is 11.3 Å². The van der Waals surface area contributed by atoms with Crippen LogP contribution in [0.4, 0.5) is 17.1 Å². The van der Waals surface area contributed by atoms with Gasteiger partial charge in [0.1, 0.15) is 0 Å². The zero-order valence-electron chi connectivity index (χ0n) is 15.6. The van der Waals surface area contributed by atoms with Gasteiger partial charge in [-0.05, 0) is 42.0 Å². The van der Waals surface area contributed by atoms with Crippen molar-refractivity contribution >= 4 is 28.9 Å². The zero-order valence-corrected chi connectivity index (χ0v) is 15.6. The Labute approximate surface area is 168 Å². The van der Waals surface area contributed by atoms with Gasteiger partial charge in [0.25, 0.3) is 5.91 Å². The molecule has 0 atom stereocenters. The standard InChI is InChI=1S/C23H19N3O3/c24-15-14-17-10-12-19(13-11-17)26-22(27)16-29-23(28)20-8-4-5-9-21(20)25-18-6-2-1-3-7-18/h1-13,25H,14,16H2,(H,26,27). The van der Waals surface area contributed by atoms with Crippen LogP contribution in [0, 0.1) is 11.3 Å². The highest BCUT2D eigenvalue weighted by atomic mass is 16.5. The van der Waals surface area contributed by atoms with Crippen LogP contribution >= 0.6 is 0 Å². The molecule has 2 N–H and O–H groups in total. The van der Waals surface area contributed by atoms with Crippen LogP contribution in [-0.2, 0) is 16.0 Å². The number of carbonyl (C=O) groups is 2. The molecular formula is C23H19N3O3. The van der Waals surface area contributed by atoms with Gasteiger partial charge in [0.2, 0.25) is 0 Å². The summed E-state index contributed by atoms with van der Waals surface area (Å²) in [7, 11) is 0. The summed E-state index contributed by atoms with van der Waals surface area (Å²) in [5.41, 5.74) is 3.20. The van der Waals surface area contributed by atoms with Crippen molar-refractivity contribution in [1.82, 2.24) is 0 Å². The maximum absolute atomic E-state index is 12.5. The second-order valence-corrected chi connectivity index (χ2v) is 6.19. The summed E-state index contributed by atoms with van der Waals surface area (Å²) in [6.45, 7) is -0.404. The molecule has 0 radical (unpaired) electrons. The number of carbonyl (C=O) groups excluding carboxylic acids is 2. The second kappa shape index (κ2) is 9.72. The molecule has 3 rings (SSSR count). The smallest absolute Gasteiger partial charge is 0.340 e. The number of anilines is 3. The molecule has 3 aromatic carbocycles. The summed E-state index contributed by atoms with van der Waals surface area (Å²) < 4.78 is 5.17. The van der Waals surface area contributed by atoms with Gasteiger partial charge in [0, 0.05) is 11.4 Å². The first-order chi connectivity index (χ1) is 14.2. The molecule has 0 heterocycles. The average Bonchev–Trinajstić information content (AvgIpc) is 2.75. The number of hydrogen-bond donors (Lipinski definition) is 2. The highest BCUT2D eigenvalue weighted by molar-refractivity contribution is 5.99. The van der Waals surface area contributed by atoms with Gasteiger partial charge in [0.15, 0.2) is 6.61 Å². The van der Waals surface area contributed by atoms with E-state index in [4.69, 9.17) is 10.00 Å². The van der Waals surface area contributed by atoms with Crippen LogP contribution < -0.4 is 10.6 Å². The number of para-hydroxylation sites is 2. The minimum atomic E-state index is -0.594. The Balaban J connectivity index is 1.58. The van der Waals surface area contributed by atoms with Crippen molar-refractivity contribution in [3.05, 3.63) is 90.0 Å². The number of rotatable bonds is 7. The van der Waals surface area contributed by atoms with Crippen LogP contribution in [0.3, 0.4) is 0 Å². The second-order valence-electron chi connectivity index (χ2n) is 6.19. The average molecular weight is 385 g/mol. The van der Waals surface area contributed by atoms with Crippen LogP contribution in [0.1, 0.15) is 15.9 Å². The number of nitrogens with zero attached hydrogens (tertiary/aromatic N) is 1. The van der Waals surface area contributed by atoms with Gasteiger partial charge in [-0.25, -0.2) is 4.79 Å². The van der Waals surface area contributed by atoms with Gasteiger partial charge in [-0.2, -0.15) is 5.26 Å². The number of esters is 1. The minimum absolute atomic E-state index is 0.308. The SMILES string of the molecule is N#CCc1ccc(NC(=O)COC(=O)c2ccccc2Nc2ccccc2)cc1. The van der Waals surface area contributed by atoms with Crippen molar-refractivity contribution in [2.75, 3.05) is 17.2 Å². The molecule has 6 nitrogen and oxygen atoms in total. The summed E-state index contributed by atoms with van der Waals surface area (Å²) in [4.78, 5) is 24.5. The molecule has 0 aromatic heterocycles. The third-order valence-corrected chi connectivity index (χ3v) is 4.06. The van der Waals surface area contributed by atoms with Crippen LogP contribution in [0.5, 0.6) is 0 Å². The summed E-state index contributed by atoms with van der Waals surface area (Å²) in [5.74, 6) is -1.04. The Morgan fingerprint density at radius 1 is 0.862 bits per heavy atom. The van der Waals surface area contributed by atoms with E-state index >= 15 is 0 Å². The van der Waals surface area contributed by atoms with E-state index in [9.17, 15) is 9.59 Å². The molecule has 6 heteroatoms. The van der Waals surface area contributed by atoms with Crippen molar-refractivity contribution in [1.29, 1.82) is 5.26 Å². The zero-order chi connectivity index (χ0) is 20.5. The molecule has 0 fully saturated rings. The molecule has 0 unspecified atom stereocenters. The van der Waals surface area contributed by atoms with Crippen molar-refractivity contribution in [3.63, 3.8) is 0 Å². The predicted molar refractivity (Wildman–Crippen MR) is 111 cm³/mol. The molecule has 0 aliphatic heterocycles. The van der Waals surface area contributed by atoms with Crippen LogP contribution in [0.25, 0.3) is 0 Å². The van der Waals surface area contributed by atoms with Gasteiger partial charge < -0.3 is 15.4 Å². The van der Waals surface area contributed by atoms with Crippen molar-refractivity contribution in [2.24, 2.45) is 0 Å². The number of benzene rings is 3. The molecular weight excluding hydrogens is 366 g/mol. The molecule has 144 valence electrons. The van der Waals surface area contributed by atoms with E-state index in [1.807, 2.05) is 36.4 Å². The molecule has 0 bridgehead atoms. The normalized spacial score (nSPS) is 9.90. The van der Waals surface area contributed by atoms with Gasteiger partial charge in [-0.3, -0.25) is 4.79 Å². The largest absolute Gasteiger partial charge is 0.452 e. The monoisotopic (exact) mass is 385 g/mol. The maximum atomic E-state index is 12.5. The number of ether oxygens (including phenoxy) is 1. The highest BCUT2D eigenvalue weighted by Gasteiger charge is 2.14. The fourth-order valence-corrected chi connectivity index (χ4v) is 2.65. The van der Waals surface area contributed by atoms with Gasteiger partial charge in [-0.1, -0.05) is 42.5 Å². The topological polar surface area (TPSA) is 91.2 Å². The van der Waals surface area contributed by atoms with E-state index in [2.05, 4.69) is 16.7 Å². The number of nitriles is 1. The van der Waals surface area contributed by atoms with E-state index in [-0.39, 0.29) is 0 Å². The summed E-state index contributed by atoms with van der Waals surface area (Å²) in [6.07, 6.45) is 0.308. The summed E-state index contributed by atoms with van der Waals surface area (Å²) >= 11 is 0. The number of hydrogen-bond acceptors (Lipinski definition) is 5. The van der Waals surface area contributed by atoms with Gasteiger partial charge in [0.05, 0.1) is 23.7 Å². The molecule has 0 aliphatic rings. The predicted octanol–water partition coefficient (Wildman–Crippen LogP) is 4.29. The Morgan fingerprint density at radius 2 is 1.55 bits per heavy atom. The third kappa shape index (κ3) is 5.68. The van der Waals surface area contributed by atoms with Crippen molar-refractivity contribution < 1.29 is 14.3 Å². The molecule has 1 amide bonds. The van der Waals surface area contributed by atoms with Gasteiger partial charge in [-0.15, -0.1) is 0 Å². The molecule has 29 heavy (non-hydrogen) atoms. The fourth-order valence-electron chi connectivity index (χ4n) is 2.65. The lowest BCUT2D eigenvalue weighted by Crippen LogP contribution is -2.21. The number of nitrogens with one attached hydrogen (secondary N) is 2. The minimum Gasteiger partial charge on any atom is -0.452 e. The van der Waals surface area contributed by atoms with Crippen LogP contribution in [-0.4, -0.2) is 18.5 Å². The van der Waals surface area contributed by atoms with Crippen molar-refractivity contribution in [2.45, 2.75) is 6.42 Å². The Bertz CT molecular complexity index is 1030. The molecule has 0 saturated heterocycles. The lowest BCUT2D eigenvalue weighted by atomic mass is 10.1. The summed E-state index contributed by atoms with van der Waals surface area (Å²) in [5, 5.41) is 14.5. The lowest BCUT2D eigenvalue weighted by Gasteiger charge is -2.12. The maximum Gasteiger partial charge on any atom is 0.340 e. The molecule has 0 aliphatic carbocycles. The fraction of sp³-hybridized carbons (Fsp3) is 0.0870. The molecule has 0 saturated carbocycles. The Hall–Kier alpha value is -4.11. The Morgan fingerprint density at radius 3 is 2.28 bits per heavy atom. The molecule has 3 aromatic rings. The highest BCUT2D eigenvalue weighted by Crippen LogP contribution is 2.21. The summed E-state index contributed by atoms with van der Waals surface area (Å²) in [6, 6.07) is 25.4. The van der Waals surface area contributed by atoms with Crippen molar-refractivity contribution in [3.8, 4) is 6.07 Å². The van der Waals surface area contributed by atoms with E-state index in [1.165, 1.54) is 0 Å². The van der Waals surface area contributed by atoms with Crippen LogP contribution in [0.15, 0.2) is 78.9 Å². The van der Waals surface area contributed by atoms with E-state index in [1.54, 1.807) is 42.5 Å². The number of amides is 1. The lowest BCUT2D eigenvalue weighted by molar-refractivity contribution is -0.119. The van der Waals surface area contributed by atoms with E-state index < -0.39 is 18.5 Å². The van der Waals surface area contributed by atoms with E-state index in [0.29, 0.717) is 23.4 Å². The first-order valence-corrected chi connectivity index (χ1v) is 8.99. The third-order valence-electron chi connectivity index (χ3n) is 4.06. The van der Waals surface area contributed by atoms with Crippen LogP contribution in [0.2, 0.25) is 0 Å². The first-order valence-electron chi connectivity index (χ1n) is 8.99. The Kier molecular flexibility index (Phi) is 6.58. The van der Waals surface area contributed by atoms with Gasteiger partial charge >= 0.3 is 5.97 Å². The molecule has 0 spiro atoms.